The molecule has 0 saturated carbocycles. The highest BCUT2D eigenvalue weighted by Gasteiger charge is 2.07. The van der Waals surface area contributed by atoms with Gasteiger partial charge in [-0.25, -0.2) is 9.97 Å². The average molecular weight is 303 g/mol. The molecule has 4 rings (SSSR count). The normalized spacial score (nSPS) is 10.8. The van der Waals surface area contributed by atoms with E-state index >= 15 is 0 Å². The van der Waals surface area contributed by atoms with E-state index in [-0.39, 0.29) is 0 Å². The number of nitrogens with two attached hydrogens (primary N) is 1. The molecule has 7 heteroatoms. The standard InChI is InChI=1S/C16H13N7/c17-15-16(21-12-1-2-13-11(7-12)8-20-23-13)22-14(9-19-15)10-3-5-18-6-4-10/h1-9H,(H2,17,19)(H,20,23)(H,21,22). The van der Waals surface area contributed by atoms with Gasteiger partial charge in [-0.15, -0.1) is 0 Å². The van der Waals surface area contributed by atoms with Gasteiger partial charge in [-0.2, -0.15) is 5.10 Å². The van der Waals surface area contributed by atoms with Crippen molar-refractivity contribution in [2.45, 2.75) is 0 Å². The van der Waals surface area contributed by atoms with Gasteiger partial charge in [0.1, 0.15) is 0 Å². The summed E-state index contributed by atoms with van der Waals surface area (Å²) in [5.74, 6) is 0.859. The van der Waals surface area contributed by atoms with E-state index in [1.54, 1.807) is 24.8 Å². The number of benzene rings is 1. The van der Waals surface area contributed by atoms with E-state index in [1.807, 2.05) is 30.3 Å². The fourth-order valence-corrected chi connectivity index (χ4v) is 2.31. The molecule has 0 atom stereocenters. The van der Waals surface area contributed by atoms with E-state index < -0.39 is 0 Å². The number of fused-ring (bicyclic) bond motifs is 1. The molecule has 3 aromatic heterocycles. The van der Waals surface area contributed by atoms with Gasteiger partial charge in [0.2, 0.25) is 0 Å². The highest BCUT2D eigenvalue weighted by Crippen LogP contribution is 2.25. The number of rotatable bonds is 3. The predicted octanol–water partition coefficient (Wildman–Crippen LogP) is 2.74. The maximum atomic E-state index is 5.94. The van der Waals surface area contributed by atoms with Crippen molar-refractivity contribution in [3.05, 3.63) is 55.1 Å². The van der Waals surface area contributed by atoms with Crippen molar-refractivity contribution in [2.24, 2.45) is 0 Å². The first-order valence-electron chi connectivity index (χ1n) is 7.03. The minimum Gasteiger partial charge on any atom is -0.381 e. The van der Waals surface area contributed by atoms with Gasteiger partial charge in [-0.05, 0) is 30.3 Å². The average Bonchev–Trinajstić information content (AvgIpc) is 3.05. The number of nitrogens with one attached hydrogen (secondary N) is 2. The Balaban J connectivity index is 1.70. The molecular formula is C16H13N7. The number of aromatic nitrogens is 5. The van der Waals surface area contributed by atoms with Crippen molar-refractivity contribution >= 4 is 28.2 Å². The maximum Gasteiger partial charge on any atom is 0.173 e. The number of hydrogen-bond donors (Lipinski definition) is 3. The van der Waals surface area contributed by atoms with Gasteiger partial charge in [-0.1, -0.05) is 0 Å². The molecular weight excluding hydrogens is 290 g/mol. The molecule has 3 heterocycles. The SMILES string of the molecule is Nc1ncc(-c2ccncc2)nc1Nc1ccc2[nH]ncc2c1. The largest absolute Gasteiger partial charge is 0.381 e. The van der Waals surface area contributed by atoms with Crippen molar-refractivity contribution < 1.29 is 0 Å². The van der Waals surface area contributed by atoms with Crippen LogP contribution >= 0.6 is 0 Å². The zero-order chi connectivity index (χ0) is 15.6. The Morgan fingerprint density at radius 1 is 1.04 bits per heavy atom. The van der Waals surface area contributed by atoms with Gasteiger partial charge in [0, 0.05) is 29.0 Å². The third-order valence-corrected chi connectivity index (χ3v) is 3.48. The Kier molecular flexibility index (Phi) is 3.09. The van der Waals surface area contributed by atoms with E-state index in [9.17, 15) is 0 Å². The van der Waals surface area contributed by atoms with Crippen LogP contribution in [0.1, 0.15) is 0 Å². The molecule has 0 fully saturated rings. The summed E-state index contributed by atoms with van der Waals surface area (Å²) in [6, 6.07) is 9.60. The first-order valence-corrected chi connectivity index (χ1v) is 7.03. The van der Waals surface area contributed by atoms with Crippen LogP contribution in [0.2, 0.25) is 0 Å². The predicted molar refractivity (Wildman–Crippen MR) is 89.1 cm³/mol. The topological polar surface area (TPSA) is 105 Å². The van der Waals surface area contributed by atoms with E-state index in [0.29, 0.717) is 11.6 Å². The number of H-pyrrole nitrogens is 1. The van der Waals surface area contributed by atoms with Gasteiger partial charge in [0.05, 0.1) is 23.6 Å². The summed E-state index contributed by atoms with van der Waals surface area (Å²) in [5.41, 5.74) is 9.44. The molecule has 1 aromatic carbocycles. The molecule has 0 amide bonds. The highest BCUT2D eigenvalue weighted by atomic mass is 15.1. The Labute approximate surface area is 131 Å². The summed E-state index contributed by atoms with van der Waals surface area (Å²) in [5, 5.41) is 11.1. The number of anilines is 3. The number of nitrogen functional groups attached to an aromatic ring is 1. The van der Waals surface area contributed by atoms with Crippen molar-refractivity contribution in [2.75, 3.05) is 11.1 Å². The van der Waals surface area contributed by atoms with Crippen molar-refractivity contribution in [3.8, 4) is 11.3 Å². The third kappa shape index (κ3) is 2.55. The first-order chi connectivity index (χ1) is 11.3. The molecule has 112 valence electrons. The molecule has 0 aliphatic heterocycles. The fourth-order valence-electron chi connectivity index (χ4n) is 2.31. The van der Waals surface area contributed by atoms with Gasteiger partial charge >= 0.3 is 0 Å². The van der Waals surface area contributed by atoms with Crippen LogP contribution in [0.5, 0.6) is 0 Å². The molecule has 0 aliphatic carbocycles. The molecule has 7 nitrogen and oxygen atoms in total. The van der Waals surface area contributed by atoms with Crippen LogP contribution in [0.3, 0.4) is 0 Å². The fraction of sp³-hybridized carbons (Fsp3) is 0. The lowest BCUT2D eigenvalue weighted by molar-refractivity contribution is 1.12. The smallest absolute Gasteiger partial charge is 0.173 e. The minimum absolute atomic E-state index is 0.343. The number of hydrogen-bond acceptors (Lipinski definition) is 6. The van der Waals surface area contributed by atoms with E-state index in [0.717, 1.165) is 27.8 Å². The Morgan fingerprint density at radius 2 is 1.91 bits per heavy atom. The van der Waals surface area contributed by atoms with Gasteiger partial charge in [0.15, 0.2) is 11.6 Å². The first kappa shape index (κ1) is 13.2. The molecule has 0 bridgehead atoms. The van der Waals surface area contributed by atoms with Crippen LogP contribution in [0, 0.1) is 0 Å². The van der Waals surface area contributed by atoms with E-state index in [2.05, 4.69) is 30.5 Å². The van der Waals surface area contributed by atoms with E-state index in [1.165, 1.54) is 0 Å². The zero-order valence-electron chi connectivity index (χ0n) is 12.1. The second kappa shape index (κ2) is 5.38. The van der Waals surface area contributed by atoms with Crippen LogP contribution < -0.4 is 11.1 Å². The molecule has 0 saturated heterocycles. The summed E-state index contributed by atoms with van der Waals surface area (Å²) >= 11 is 0. The number of aromatic amines is 1. The second-order valence-electron chi connectivity index (χ2n) is 5.02. The van der Waals surface area contributed by atoms with Gasteiger partial charge in [0.25, 0.3) is 0 Å². The van der Waals surface area contributed by atoms with Gasteiger partial charge in [-0.3, -0.25) is 10.1 Å². The molecule has 4 aromatic rings. The molecule has 0 spiro atoms. The highest BCUT2D eigenvalue weighted by molar-refractivity contribution is 5.83. The molecule has 4 N–H and O–H groups in total. The van der Waals surface area contributed by atoms with Crippen molar-refractivity contribution in [1.82, 2.24) is 25.1 Å². The lowest BCUT2D eigenvalue weighted by Crippen LogP contribution is -2.02. The molecule has 23 heavy (non-hydrogen) atoms. The number of nitrogens with zero attached hydrogens (tertiary/aromatic N) is 4. The van der Waals surface area contributed by atoms with Crippen LogP contribution in [-0.2, 0) is 0 Å². The maximum absolute atomic E-state index is 5.94. The lowest BCUT2D eigenvalue weighted by Gasteiger charge is -2.09. The summed E-state index contributed by atoms with van der Waals surface area (Å²) in [4.78, 5) is 12.8. The van der Waals surface area contributed by atoms with Crippen molar-refractivity contribution in [3.63, 3.8) is 0 Å². The minimum atomic E-state index is 0.343. The summed E-state index contributed by atoms with van der Waals surface area (Å²) in [7, 11) is 0. The Hall–Kier alpha value is -3.48. The summed E-state index contributed by atoms with van der Waals surface area (Å²) in [6.45, 7) is 0. The molecule has 0 radical (unpaired) electrons. The van der Waals surface area contributed by atoms with Crippen LogP contribution in [0.15, 0.2) is 55.1 Å². The van der Waals surface area contributed by atoms with Crippen molar-refractivity contribution in [1.29, 1.82) is 0 Å². The third-order valence-electron chi connectivity index (χ3n) is 3.48. The van der Waals surface area contributed by atoms with Crippen LogP contribution in [0.4, 0.5) is 17.3 Å². The molecule has 0 unspecified atom stereocenters. The van der Waals surface area contributed by atoms with Gasteiger partial charge < -0.3 is 11.1 Å². The zero-order valence-corrected chi connectivity index (χ0v) is 12.1. The Morgan fingerprint density at radius 3 is 2.78 bits per heavy atom. The monoisotopic (exact) mass is 303 g/mol. The quantitative estimate of drug-likeness (QED) is 0.537. The second-order valence-corrected chi connectivity index (χ2v) is 5.02. The lowest BCUT2D eigenvalue weighted by atomic mass is 10.2. The van der Waals surface area contributed by atoms with Crippen LogP contribution in [-0.4, -0.2) is 25.1 Å². The Bertz CT molecular complexity index is 963. The number of pyridine rings is 1. The summed E-state index contributed by atoms with van der Waals surface area (Å²) < 4.78 is 0. The summed E-state index contributed by atoms with van der Waals surface area (Å²) in [6.07, 6.45) is 6.85. The van der Waals surface area contributed by atoms with Crippen LogP contribution in [0.25, 0.3) is 22.2 Å². The van der Waals surface area contributed by atoms with E-state index in [4.69, 9.17) is 5.73 Å². The molecule has 0 aliphatic rings.